The van der Waals surface area contributed by atoms with Crippen molar-refractivity contribution >= 4 is 11.5 Å². The van der Waals surface area contributed by atoms with Crippen LogP contribution in [0.2, 0.25) is 0 Å². The maximum absolute atomic E-state index is 13.5. The normalized spacial score (nSPS) is 17.2. The maximum Gasteiger partial charge on any atom is 0.247 e. The van der Waals surface area contributed by atoms with Gasteiger partial charge in [0.05, 0.1) is 18.9 Å². The van der Waals surface area contributed by atoms with Gasteiger partial charge in [-0.3, -0.25) is 0 Å². The second-order valence-corrected chi connectivity index (χ2v) is 6.49. The third-order valence-electron chi connectivity index (χ3n) is 4.72. The van der Waals surface area contributed by atoms with Crippen LogP contribution in [0.15, 0.2) is 35.5 Å². The first kappa shape index (κ1) is 15.3. The number of nitrogens with two attached hydrogens (primary N) is 1. The Labute approximate surface area is 148 Å². The highest BCUT2D eigenvalue weighted by molar-refractivity contribution is 5.83. The molecule has 0 aromatic heterocycles. The van der Waals surface area contributed by atoms with Crippen molar-refractivity contribution in [3.63, 3.8) is 0 Å². The van der Waals surface area contributed by atoms with Gasteiger partial charge in [0, 0.05) is 30.4 Å². The number of halogens is 1. The van der Waals surface area contributed by atoms with E-state index in [1.54, 1.807) is 18.3 Å². The molecule has 8 heteroatoms. The first-order chi connectivity index (χ1) is 12.7. The standard InChI is InChI=1S/C18H17FN6O/c19-14-2-1-10(6-15(14)20)13-5-11-7-22-18(23-12-8-26-9-12)24-16(11)25-4-3-21-17(13)25/h1-2,5-7,12,21H,3-4,8-9,20H2. The van der Waals surface area contributed by atoms with Gasteiger partial charge in [-0.1, -0.05) is 6.07 Å². The van der Waals surface area contributed by atoms with E-state index in [0.717, 1.165) is 41.4 Å². The van der Waals surface area contributed by atoms with Gasteiger partial charge < -0.3 is 20.4 Å². The summed E-state index contributed by atoms with van der Waals surface area (Å²) in [6.45, 7) is 2.84. The van der Waals surface area contributed by atoms with Crippen LogP contribution in [0.25, 0.3) is 22.5 Å². The van der Waals surface area contributed by atoms with Crippen LogP contribution in [0.5, 0.6) is 0 Å². The molecule has 1 aromatic rings. The quantitative estimate of drug-likeness (QED) is 0.682. The molecular formula is C18H17FN6O. The molecule has 5 rings (SSSR count). The number of nitrogen functional groups attached to an aromatic ring is 1. The minimum absolute atomic E-state index is 0.132. The highest BCUT2D eigenvalue weighted by atomic mass is 19.1. The summed E-state index contributed by atoms with van der Waals surface area (Å²) in [4.78, 5) is 13.5. The summed E-state index contributed by atoms with van der Waals surface area (Å²) in [5, 5.41) is 3.39. The van der Waals surface area contributed by atoms with Crippen molar-refractivity contribution in [3.05, 3.63) is 41.9 Å². The molecule has 3 N–H and O–H groups in total. The van der Waals surface area contributed by atoms with Crippen molar-refractivity contribution in [2.75, 3.05) is 30.8 Å². The highest BCUT2D eigenvalue weighted by Crippen LogP contribution is 2.37. The molecule has 0 unspecified atom stereocenters. The van der Waals surface area contributed by atoms with Gasteiger partial charge in [-0.25, -0.2) is 14.4 Å². The third-order valence-corrected chi connectivity index (χ3v) is 4.72. The van der Waals surface area contributed by atoms with E-state index in [4.69, 9.17) is 10.5 Å². The van der Waals surface area contributed by atoms with Crippen molar-refractivity contribution in [1.82, 2.24) is 14.5 Å². The molecule has 1 saturated heterocycles. The van der Waals surface area contributed by atoms with E-state index in [1.165, 1.54) is 6.07 Å². The lowest BCUT2D eigenvalue weighted by Gasteiger charge is -2.21. The van der Waals surface area contributed by atoms with E-state index in [-0.39, 0.29) is 11.7 Å². The van der Waals surface area contributed by atoms with Crippen molar-refractivity contribution in [3.8, 4) is 22.5 Å². The number of fused-ring (bicyclic) bond motifs is 3. The van der Waals surface area contributed by atoms with E-state index in [2.05, 4.69) is 24.8 Å². The van der Waals surface area contributed by atoms with Crippen LogP contribution in [0, 0.1) is 5.82 Å². The largest absolute Gasteiger partial charge is 0.396 e. The van der Waals surface area contributed by atoms with Crippen molar-refractivity contribution in [2.45, 2.75) is 12.6 Å². The number of ether oxygens (including phenoxy) is 1. The molecule has 0 spiro atoms. The van der Waals surface area contributed by atoms with Gasteiger partial charge in [0.2, 0.25) is 5.62 Å². The SMILES string of the molecule is Nc1cc(-c2cc3cnc(=NC4COC4)nc-3n3c2NCC3)ccc1F. The Morgan fingerprint density at radius 3 is 2.92 bits per heavy atom. The van der Waals surface area contributed by atoms with Crippen LogP contribution in [0.1, 0.15) is 0 Å². The lowest BCUT2D eigenvalue weighted by molar-refractivity contribution is 0.0112. The summed E-state index contributed by atoms with van der Waals surface area (Å²) in [6, 6.07) is 6.92. The predicted molar refractivity (Wildman–Crippen MR) is 95.1 cm³/mol. The van der Waals surface area contributed by atoms with E-state index >= 15 is 0 Å². The molecule has 4 aliphatic rings. The van der Waals surface area contributed by atoms with E-state index in [9.17, 15) is 4.39 Å². The zero-order valence-electron chi connectivity index (χ0n) is 13.9. The first-order valence-corrected chi connectivity index (χ1v) is 8.50. The van der Waals surface area contributed by atoms with Gasteiger partial charge in [-0.2, -0.15) is 4.98 Å². The number of rotatable bonds is 2. The summed E-state index contributed by atoms with van der Waals surface area (Å²) in [5.41, 5.74) is 9.06. The molecule has 0 atom stereocenters. The second kappa shape index (κ2) is 5.77. The summed E-state index contributed by atoms with van der Waals surface area (Å²) in [5.74, 6) is 1.36. The Balaban J connectivity index is 1.69. The van der Waals surface area contributed by atoms with Crippen LogP contribution in [-0.2, 0) is 11.3 Å². The number of anilines is 2. The van der Waals surface area contributed by atoms with Gasteiger partial charge in [0.15, 0.2) is 0 Å². The number of nitrogens with zero attached hydrogens (tertiary/aromatic N) is 4. The minimum atomic E-state index is -0.415. The number of nitrogens with one attached hydrogen (secondary N) is 1. The third kappa shape index (κ3) is 2.41. The molecule has 0 amide bonds. The molecular weight excluding hydrogens is 335 g/mol. The average molecular weight is 352 g/mol. The highest BCUT2D eigenvalue weighted by Gasteiger charge is 2.23. The van der Waals surface area contributed by atoms with Crippen molar-refractivity contribution < 1.29 is 9.13 Å². The monoisotopic (exact) mass is 352 g/mol. The van der Waals surface area contributed by atoms with Crippen LogP contribution in [0.4, 0.5) is 15.9 Å². The Morgan fingerprint density at radius 1 is 1.27 bits per heavy atom. The second-order valence-electron chi connectivity index (χ2n) is 6.49. The van der Waals surface area contributed by atoms with Gasteiger partial charge >= 0.3 is 0 Å². The van der Waals surface area contributed by atoms with Crippen LogP contribution in [-0.4, -0.2) is 40.3 Å². The number of benzene rings is 1. The Bertz CT molecular complexity index is 1040. The summed E-state index contributed by atoms with van der Waals surface area (Å²) < 4.78 is 20.8. The molecule has 26 heavy (non-hydrogen) atoms. The molecule has 0 saturated carbocycles. The first-order valence-electron chi connectivity index (χ1n) is 8.50. The fraction of sp³-hybridized carbons (Fsp3) is 0.278. The number of hydrogen-bond acceptors (Lipinski definition) is 6. The fourth-order valence-corrected chi connectivity index (χ4v) is 3.32. The predicted octanol–water partition coefficient (Wildman–Crippen LogP) is 1.50. The van der Waals surface area contributed by atoms with Gasteiger partial charge in [0.25, 0.3) is 0 Å². The molecule has 4 heterocycles. The van der Waals surface area contributed by atoms with Crippen molar-refractivity contribution in [2.24, 2.45) is 4.99 Å². The smallest absolute Gasteiger partial charge is 0.247 e. The number of pyridine rings is 1. The zero-order valence-corrected chi connectivity index (χ0v) is 13.9. The maximum atomic E-state index is 13.5. The molecule has 1 aromatic carbocycles. The zero-order chi connectivity index (χ0) is 17.7. The van der Waals surface area contributed by atoms with Crippen LogP contribution < -0.4 is 16.7 Å². The topological polar surface area (TPSA) is 90.3 Å². The Morgan fingerprint density at radius 2 is 2.15 bits per heavy atom. The average Bonchev–Trinajstić information content (AvgIpc) is 3.10. The fourth-order valence-electron chi connectivity index (χ4n) is 3.32. The summed E-state index contributed by atoms with van der Waals surface area (Å²) in [7, 11) is 0. The van der Waals surface area contributed by atoms with Crippen molar-refractivity contribution in [1.29, 1.82) is 0 Å². The molecule has 4 aliphatic heterocycles. The van der Waals surface area contributed by atoms with Gasteiger partial charge in [-0.15, -0.1) is 0 Å². The Kier molecular flexibility index (Phi) is 3.39. The lowest BCUT2D eigenvalue weighted by atomic mass is 10.0. The molecule has 0 bridgehead atoms. The number of hydrogen-bond donors (Lipinski definition) is 2. The van der Waals surface area contributed by atoms with Gasteiger partial charge in [-0.05, 0) is 23.8 Å². The molecule has 1 fully saturated rings. The summed E-state index contributed by atoms with van der Waals surface area (Å²) in [6.07, 6.45) is 1.78. The van der Waals surface area contributed by atoms with Crippen LogP contribution in [0.3, 0.4) is 0 Å². The Hall–Kier alpha value is -3.00. The van der Waals surface area contributed by atoms with E-state index in [1.807, 2.05) is 6.07 Å². The molecule has 132 valence electrons. The molecule has 7 nitrogen and oxygen atoms in total. The van der Waals surface area contributed by atoms with Crippen LogP contribution >= 0.6 is 0 Å². The lowest BCUT2D eigenvalue weighted by Crippen LogP contribution is -2.34. The minimum Gasteiger partial charge on any atom is -0.396 e. The molecule has 0 radical (unpaired) electrons. The van der Waals surface area contributed by atoms with E-state index in [0.29, 0.717) is 18.8 Å². The van der Waals surface area contributed by atoms with Gasteiger partial charge in [0.1, 0.15) is 23.5 Å². The number of aromatic nitrogens is 3. The summed E-state index contributed by atoms with van der Waals surface area (Å²) >= 11 is 0. The molecule has 0 aliphatic carbocycles. The van der Waals surface area contributed by atoms with E-state index < -0.39 is 5.82 Å².